The van der Waals surface area contributed by atoms with Crippen LogP contribution < -0.4 is 5.32 Å². The van der Waals surface area contributed by atoms with E-state index in [9.17, 15) is 0 Å². The van der Waals surface area contributed by atoms with Gasteiger partial charge in [-0.25, -0.2) is 0 Å². The van der Waals surface area contributed by atoms with E-state index in [1.54, 1.807) is 0 Å². The van der Waals surface area contributed by atoms with Gasteiger partial charge in [-0.05, 0) is 45.2 Å². The fourth-order valence-corrected chi connectivity index (χ4v) is 3.17. The highest BCUT2D eigenvalue weighted by molar-refractivity contribution is 4.84. The fraction of sp³-hybridized carbons (Fsp3) is 1.00. The van der Waals surface area contributed by atoms with Gasteiger partial charge in [0.25, 0.3) is 0 Å². The summed E-state index contributed by atoms with van der Waals surface area (Å²) in [5.74, 6) is 0.894. The van der Waals surface area contributed by atoms with Gasteiger partial charge in [0.2, 0.25) is 0 Å². The monoisotopic (exact) mass is 210 g/mol. The zero-order valence-corrected chi connectivity index (χ0v) is 10.3. The van der Waals surface area contributed by atoms with Gasteiger partial charge in [0, 0.05) is 18.6 Å². The summed E-state index contributed by atoms with van der Waals surface area (Å²) < 4.78 is 0. The molecule has 88 valence electrons. The molecule has 2 nitrogen and oxygen atoms in total. The smallest absolute Gasteiger partial charge is 0.0198 e. The maximum Gasteiger partial charge on any atom is 0.0198 e. The number of hydrogen-bond acceptors (Lipinski definition) is 2. The molecule has 1 N–H and O–H groups in total. The zero-order chi connectivity index (χ0) is 10.7. The molecule has 2 rings (SSSR count). The van der Waals surface area contributed by atoms with E-state index in [4.69, 9.17) is 0 Å². The Balaban J connectivity index is 1.79. The van der Waals surface area contributed by atoms with Crippen LogP contribution >= 0.6 is 0 Å². The molecule has 0 bridgehead atoms. The van der Waals surface area contributed by atoms with Gasteiger partial charge in [0.05, 0.1) is 0 Å². The minimum atomic E-state index is 0.759. The van der Waals surface area contributed by atoms with Crippen LogP contribution in [0.4, 0.5) is 0 Å². The van der Waals surface area contributed by atoms with Gasteiger partial charge < -0.3 is 10.2 Å². The molecule has 0 aromatic rings. The number of likely N-dealkylation sites (tertiary alicyclic amines) is 1. The third kappa shape index (κ3) is 3.18. The summed E-state index contributed by atoms with van der Waals surface area (Å²) in [6.07, 6.45) is 8.47. The molecule has 0 amide bonds. The normalized spacial score (nSPS) is 39.2. The molecule has 0 spiro atoms. The van der Waals surface area contributed by atoms with Crippen molar-refractivity contribution in [2.75, 3.05) is 20.1 Å². The van der Waals surface area contributed by atoms with Crippen LogP contribution in [0.25, 0.3) is 0 Å². The Labute approximate surface area is 94.4 Å². The van der Waals surface area contributed by atoms with E-state index in [1.165, 1.54) is 51.6 Å². The maximum atomic E-state index is 3.90. The predicted octanol–water partition coefficient (Wildman–Crippen LogP) is 2.25. The molecule has 1 heterocycles. The van der Waals surface area contributed by atoms with E-state index in [0.29, 0.717) is 0 Å². The Kier molecular flexibility index (Phi) is 4.04. The third-order valence-corrected chi connectivity index (χ3v) is 4.19. The molecule has 2 heteroatoms. The molecule has 0 aromatic heterocycles. The largest absolute Gasteiger partial charge is 0.310 e. The summed E-state index contributed by atoms with van der Waals surface area (Å²) in [6, 6.07) is 1.56. The minimum absolute atomic E-state index is 0.759. The van der Waals surface area contributed by atoms with Crippen LogP contribution in [0.2, 0.25) is 0 Å². The van der Waals surface area contributed by atoms with Gasteiger partial charge >= 0.3 is 0 Å². The molecule has 2 fully saturated rings. The van der Waals surface area contributed by atoms with Crippen molar-refractivity contribution in [2.45, 2.75) is 57.5 Å². The number of rotatable bonds is 2. The first kappa shape index (κ1) is 11.4. The van der Waals surface area contributed by atoms with Crippen LogP contribution in [0.15, 0.2) is 0 Å². The van der Waals surface area contributed by atoms with E-state index in [0.717, 1.165) is 18.0 Å². The molecule has 1 saturated carbocycles. The lowest BCUT2D eigenvalue weighted by molar-refractivity contribution is 0.185. The fourth-order valence-electron chi connectivity index (χ4n) is 3.17. The molecule has 0 aromatic carbocycles. The molecule has 0 radical (unpaired) electrons. The average molecular weight is 210 g/mol. The van der Waals surface area contributed by atoms with Gasteiger partial charge in [-0.2, -0.15) is 0 Å². The Hall–Kier alpha value is -0.0800. The lowest BCUT2D eigenvalue weighted by atomic mass is 9.85. The van der Waals surface area contributed by atoms with Gasteiger partial charge in [0.1, 0.15) is 0 Å². The first-order valence-electron chi connectivity index (χ1n) is 6.70. The second-order valence-corrected chi connectivity index (χ2v) is 5.64. The third-order valence-electron chi connectivity index (χ3n) is 4.19. The zero-order valence-electron chi connectivity index (χ0n) is 10.3. The van der Waals surface area contributed by atoms with E-state index in [2.05, 4.69) is 24.2 Å². The molecule has 3 unspecified atom stereocenters. The summed E-state index contributed by atoms with van der Waals surface area (Å²) in [5, 5.41) is 3.90. The van der Waals surface area contributed by atoms with Crippen LogP contribution in [-0.4, -0.2) is 37.1 Å². The van der Waals surface area contributed by atoms with Crippen LogP contribution in [0, 0.1) is 5.92 Å². The van der Waals surface area contributed by atoms with Crippen molar-refractivity contribution in [1.29, 1.82) is 0 Å². The van der Waals surface area contributed by atoms with E-state index >= 15 is 0 Å². The van der Waals surface area contributed by atoms with Crippen molar-refractivity contribution < 1.29 is 0 Å². The Morgan fingerprint density at radius 2 is 1.87 bits per heavy atom. The number of hydrogen-bond donors (Lipinski definition) is 1. The van der Waals surface area contributed by atoms with Crippen LogP contribution in [0.5, 0.6) is 0 Å². The minimum Gasteiger partial charge on any atom is -0.310 e. The van der Waals surface area contributed by atoms with Crippen LogP contribution in [0.1, 0.15) is 45.4 Å². The van der Waals surface area contributed by atoms with Gasteiger partial charge in [-0.15, -0.1) is 0 Å². The van der Waals surface area contributed by atoms with Crippen LogP contribution in [-0.2, 0) is 0 Å². The second kappa shape index (κ2) is 5.31. The lowest BCUT2D eigenvalue weighted by Gasteiger charge is -2.37. The highest BCUT2D eigenvalue weighted by Gasteiger charge is 2.25. The summed E-state index contributed by atoms with van der Waals surface area (Å²) in [4.78, 5) is 2.47. The van der Waals surface area contributed by atoms with Gasteiger partial charge in [0.15, 0.2) is 0 Å². The molecule has 15 heavy (non-hydrogen) atoms. The first-order valence-corrected chi connectivity index (χ1v) is 6.70. The average Bonchev–Trinajstić information content (AvgIpc) is 2.22. The Morgan fingerprint density at radius 1 is 1.07 bits per heavy atom. The van der Waals surface area contributed by atoms with Crippen molar-refractivity contribution in [3.8, 4) is 0 Å². The summed E-state index contributed by atoms with van der Waals surface area (Å²) >= 11 is 0. The first-order chi connectivity index (χ1) is 7.25. The standard InChI is InChI=1S/C13H26N2/c1-11-6-3-4-8-13(11)14-12-7-5-9-15(2)10-12/h11-14H,3-10H2,1-2H3. The van der Waals surface area contributed by atoms with Crippen molar-refractivity contribution in [1.82, 2.24) is 10.2 Å². The predicted molar refractivity (Wildman–Crippen MR) is 65.1 cm³/mol. The SMILES string of the molecule is CC1CCCCC1NC1CCCN(C)C1. The number of piperidine rings is 1. The summed E-state index contributed by atoms with van der Waals surface area (Å²) in [6.45, 7) is 4.96. The van der Waals surface area contributed by atoms with Crippen LogP contribution in [0.3, 0.4) is 0 Å². The molecular formula is C13H26N2. The Bertz CT molecular complexity index is 193. The van der Waals surface area contributed by atoms with E-state index in [1.807, 2.05) is 0 Å². The number of nitrogens with one attached hydrogen (secondary N) is 1. The number of nitrogens with zero attached hydrogens (tertiary/aromatic N) is 1. The molecule has 1 aliphatic carbocycles. The highest BCUT2D eigenvalue weighted by Crippen LogP contribution is 2.24. The Morgan fingerprint density at radius 3 is 2.60 bits per heavy atom. The second-order valence-electron chi connectivity index (χ2n) is 5.64. The molecule has 2 aliphatic rings. The molecule has 1 saturated heterocycles. The highest BCUT2D eigenvalue weighted by atomic mass is 15.1. The van der Waals surface area contributed by atoms with Crippen molar-refractivity contribution in [3.05, 3.63) is 0 Å². The molecule has 3 atom stereocenters. The lowest BCUT2D eigenvalue weighted by Crippen LogP contribution is -2.50. The van der Waals surface area contributed by atoms with Crippen molar-refractivity contribution >= 4 is 0 Å². The molecule has 1 aliphatic heterocycles. The van der Waals surface area contributed by atoms with Gasteiger partial charge in [-0.3, -0.25) is 0 Å². The maximum absolute atomic E-state index is 3.90. The van der Waals surface area contributed by atoms with E-state index < -0.39 is 0 Å². The quantitative estimate of drug-likeness (QED) is 0.752. The number of likely N-dealkylation sites (N-methyl/N-ethyl adjacent to an activating group) is 1. The van der Waals surface area contributed by atoms with Crippen molar-refractivity contribution in [2.24, 2.45) is 5.92 Å². The van der Waals surface area contributed by atoms with Crippen molar-refractivity contribution in [3.63, 3.8) is 0 Å². The summed E-state index contributed by atoms with van der Waals surface area (Å²) in [7, 11) is 2.25. The van der Waals surface area contributed by atoms with Gasteiger partial charge in [-0.1, -0.05) is 19.8 Å². The summed E-state index contributed by atoms with van der Waals surface area (Å²) in [5.41, 5.74) is 0. The topological polar surface area (TPSA) is 15.3 Å². The van der Waals surface area contributed by atoms with E-state index in [-0.39, 0.29) is 0 Å². The molecular weight excluding hydrogens is 184 g/mol.